The number of rotatable bonds is 12. The Morgan fingerprint density at radius 3 is 2.71 bits per heavy atom. The SMILES string of the molecule is CCCCOCCC(CNCCOC)c1ccccc1F. The standard InChI is InChI=1S/C17H28FNO2/c1-3-4-11-21-12-9-15(14-19-10-13-20-2)16-7-5-6-8-17(16)18/h5-8,15,19H,3-4,9-14H2,1-2H3. The number of hydrogen-bond donors (Lipinski definition) is 1. The fraction of sp³-hybridized carbons (Fsp3) is 0.647. The van der Waals surface area contributed by atoms with Crippen LogP contribution < -0.4 is 5.32 Å². The van der Waals surface area contributed by atoms with Crippen molar-refractivity contribution in [1.29, 1.82) is 0 Å². The smallest absolute Gasteiger partial charge is 0.126 e. The summed E-state index contributed by atoms with van der Waals surface area (Å²) in [5, 5.41) is 3.32. The molecule has 3 nitrogen and oxygen atoms in total. The van der Waals surface area contributed by atoms with E-state index in [1.165, 1.54) is 6.07 Å². The van der Waals surface area contributed by atoms with Crippen molar-refractivity contribution in [3.8, 4) is 0 Å². The van der Waals surface area contributed by atoms with Gasteiger partial charge in [-0.15, -0.1) is 0 Å². The number of hydrogen-bond acceptors (Lipinski definition) is 3. The van der Waals surface area contributed by atoms with Gasteiger partial charge in [0.05, 0.1) is 6.61 Å². The minimum atomic E-state index is -0.135. The summed E-state index contributed by atoms with van der Waals surface area (Å²) in [6, 6.07) is 7.00. The maximum Gasteiger partial charge on any atom is 0.126 e. The van der Waals surface area contributed by atoms with E-state index in [2.05, 4.69) is 12.2 Å². The van der Waals surface area contributed by atoms with Crippen LogP contribution in [0.1, 0.15) is 37.7 Å². The van der Waals surface area contributed by atoms with Crippen molar-refractivity contribution in [1.82, 2.24) is 5.32 Å². The Morgan fingerprint density at radius 2 is 2.00 bits per heavy atom. The molecule has 120 valence electrons. The number of halogens is 1. The zero-order valence-corrected chi connectivity index (χ0v) is 13.2. The Balaban J connectivity index is 2.47. The van der Waals surface area contributed by atoms with Crippen LogP contribution in [-0.4, -0.2) is 40.0 Å². The summed E-state index contributed by atoms with van der Waals surface area (Å²) in [6.45, 7) is 5.78. The molecule has 0 aliphatic rings. The predicted octanol–water partition coefficient (Wildman–Crippen LogP) is 3.35. The van der Waals surface area contributed by atoms with Crippen LogP contribution in [0, 0.1) is 5.82 Å². The molecule has 0 heterocycles. The lowest BCUT2D eigenvalue weighted by Crippen LogP contribution is -2.26. The molecule has 0 amide bonds. The van der Waals surface area contributed by atoms with Gasteiger partial charge in [-0.05, 0) is 24.5 Å². The monoisotopic (exact) mass is 297 g/mol. The summed E-state index contributed by atoms with van der Waals surface area (Å²) in [6.07, 6.45) is 3.04. The molecule has 0 fully saturated rings. The highest BCUT2D eigenvalue weighted by Crippen LogP contribution is 2.22. The zero-order valence-electron chi connectivity index (χ0n) is 13.2. The van der Waals surface area contributed by atoms with Crippen LogP contribution >= 0.6 is 0 Å². The fourth-order valence-corrected chi connectivity index (χ4v) is 2.20. The average Bonchev–Trinajstić information content (AvgIpc) is 2.50. The third-order valence-corrected chi connectivity index (χ3v) is 3.47. The molecule has 1 rings (SSSR count). The molecule has 0 aliphatic carbocycles. The maximum absolute atomic E-state index is 14.0. The van der Waals surface area contributed by atoms with Crippen LogP contribution in [0.25, 0.3) is 0 Å². The van der Waals surface area contributed by atoms with Gasteiger partial charge in [0, 0.05) is 39.3 Å². The Labute approximate surface area is 127 Å². The zero-order chi connectivity index (χ0) is 15.3. The van der Waals surface area contributed by atoms with E-state index in [9.17, 15) is 4.39 Å². The topological polar surface area (TPSA) is 30.5 Å². The third-order valence-electron chi connectivity index (χ3n) is 3.47. The van der Waals surface area contributed by atoms with Gasteiger partial charge < -0.3 is 14.8 Å². The quantitative estimate of drug-likeness (QED) is 0.600. The van der Waals surface area contributed by atoms with Crippen molar-refractivity contribution in [3.63, 3.8) is 0 Å². The molecule has 1 N–H and O–H groups in total. The largest absolute Gasteiger partial charge is 0.383 e. The fourth-order valence-electron chi connectivity index (χ4n) is 2.20. The first kappa shape index (κ1) is 18.1. The number of benzene rings is 1. The first-order chi connectivity index (χ1) is 10.3. The molecule has 0 aliphatic heterocycles. The van der Waals surface area contributed by atoms with Gasteiger partial charge in [-0.1, -0.05) is 31.5 Å². The Hall–Kier alpha value is -0.970. The van der Waals surface area contributed by atoms with E-state index in [4.69, 9.17) is 9.47 Å². The Morgan fingerprint density at radius 1 is 1.19 bits per heavy atom. The second kappa shape index (κ2) is 11.7. The second-order valence-corrected chi connectivity index (χ2v) is 5.17. The van der Waals surface area contributed by atoms with E-state index < -0.39 is 0 Å². The van der Waals surface area contributed by atoms with Crippen molar-refractivity contribution >= 4 is 0 Å². The van der Waals surface area contributed by atoms with E-state index in [0.717, 1.165) is 44.5 Å². The van der Waals surface area contributed by atoms with Crippen molar-refractivity contribution < 1.29 is 13.9 Å². The Bertz CT molecular complexity index is 374. The molecular weight excluding hydrogens is 269 g/mol. The number of nitrogens with one attached hydrogen (secondary N) is 1. The highest BCUT2D eigenvalue weighted by Gasteiger charge is 2.15. The molecule has 1 unspecified atom stereocenters. The molecule has 0 bridgehead atoms. The van der Waals surface area contributed by atoms with Crippen molar-refractivity contribution in [2.75, 3.05) is 40.0 Å². The maximum atomic E-state index is 14.0. The van der Waals surface area contributed by atoms with E-state index in [1.54, 1.807) is 13.2 Å². The second-order valence-electron chi connectivity index (χ2n) is 5.17. The van der Waals surface area contributed by atoms with Gasteiger partial charge in [0.2, 0.25) is 0 Å². The van der Waals surface area contributed by atoms with Crippen LogP contribution in [0.15, 0.2) is 24.3 Å². The van der Waals surface area contributed by atoms with E-state index in [1.807, 2.05) is 12.1 Å². The molecule has 0 aromatic heterocycles. The molecule has 0 spiro atoms. The van der Waals surface area contributed by atoms with E-state index >= 15 is 0 Å². The number of unbranched alkanes of at least 4 members (excludes halogenated alkanes) is 1. The van der Waals surface area contributed by atoms with Crippen molar-refractivity contribution in [3.05, 3.63) is 35.6 Å². The summed E-state index contributed by atoms with van der Waals surface area (Å²) in [4.78, 5) is 0. The summed E-state index contributed by atoms with van der Waals surface area (Å²) in [7, 11) is 1.68. The van der Waals surface area contributed by atoms with Crippen molar-refractivity contribution in [2.45, 2.75) is 32.1 Å². The molecular formula is C17H28FNO2. The van der Waals surface area contributed by atoms with Gasteiger partial charge in [-0.2, -0.15) is 0 Å². The lowest BCUT2D eigenvalue weighted by Gasteiger charge is -2.19. The van der Waals surface area contributed by atoms with Crippen LogP contribution in [0.3, 0.4) is 0 Å². The Kier molecular flexibility index (Phi) is 10.0. The van der Waals surface area contributed by atoms with Crippen LogP contribution in [0.4, 0.5) is 4.39 Å². The molecule has 1 aromatic rings. The number of ether oxygens (including phenoxy) is 2. The lowest BCUT2D eigenvalue weighted by molar-refractivity contribution is 0.123. The minimum Gasteiger partial charge on any atom is -0.383 e. The lowest BCUT2D eigenvalue weighted by atomic mass is 9.95. The summed E-state index contributed by atoms with van der Waals surface area (Å²) >= 11 is 0. The molecule has 4 heteroatoms. The van der Waals surface area contributed by atoms with Gasteiger partial charge >= 0.3 is 0 Å². The van der Waals surface area contributed by atoms with Gasteiger partial charge in [0.1, 0.15) is 5.82 Å². The molecule has 21 heavy (non-hydrogen) atoms. The van der Waals surface area contributed by atoms with Crippen LogP contribution in [0.2, 0.25) is 0 Å². The van der Waals surface area contributed by atoms with Gasteiger partial charge in [0.15, 0.2) is 0 Å². The minimum absolute atomic E-state index is 0.129. The average molecular weight is 297 g/mol. The summed E-state index contributed by atoms with van der Waals surface area (Å²) in [5.74, 6) is -0.00529. The first-order valence-corrected chi connectivity index (χ1v) is 7.81. The molecule has 0 saturated carbocycles. The van der Waals surface area contributed by atoms with Crippen molar-refractivity contribution in [2.24, 2.45) is 0 Å². The third kappa shape index (κ3) is 7.55. The normalized spacial score (nSPS) is 12.5. The van der Waals surface area contributed by atoms with Gasteiger partial charge in [-0.25, -0.2) is 4.39 Å². The first-order valence-electron chi connectivity index (χ1n) is 7.81. The van der Waals surface area contributed by atoms with Crippen LogP contribution in [0.5, 0.6) is 0 Å². The summed E-state index contributed by atoms with van der Waals surface area (Å²) in [5.41, 5.74) is 0.765. The van der Waals surface area contributed by atoms with E-state index in [0.29, 0.717) is 13.2 Å². The predicted molar refractivity (Wildman–Crippen MR) is 84.2 cm³/mol. The summed E-state index contributed by atoms with van der Waals surface area (Å²) < 4.78 is 24.6. The highest BCUT2D eigenvalue weighted by atomic mass is 19.1. The van der Waals surface area contributed by atoms with Gasteiger partial charge in [0.25, 0.3) is 0 Å². The number of methoxy groups -OCH3 is 1. The van der Waals surface area contributed by atoms with Gasteiger partial charge in [-0.3, -0.25) is 0 Å². The van der Waals surface area contributed by atoms with E-state index in [-0.39, 0.29) is 11.7 Å². The molecule has 1 aromatic carbocycles. The molecule has 1 atom stereocenters. The van der Waals surface area contributed by atoms with Crippen LogP contribution in [-0.2, 0) is 9.47 Å². The molecule has 0 saturated heterocycles. The highest BCUT2D eigenvalue weighted by molar-refractivity contribution is 5.22. The molecule has 0 radical (unpaired) electrons.